The number of Topliss-reactive ketones (excluding diaryl/α,β-unsaturated/α-hetero) is 2. The zero-order chi connectivity index (χ0) is 35.0. The number of aromatic nitrogens is 4. The summed E-state index contributed by atoms with van der Waals surface area (Å²) < 4.78 is 25.3. The number of carbonyl (C=O) groups is 4. The molecule has 49 heavy (non-hydrogen) atoms. The van der Waals surface area contributed by atoms with Gasteiger partial charge in [0.2, 0.25) is 0 Å². The number of ether oxygens (including phenoxy) is 4. The molecule has 2 saturated heterocycles. The summed E-state index contributed by atoms with van der Waals surface area (Å²) in [6.07, 6.45) is 7.31. The van der Waals surface area contributed by atoms with Gasteiger partial charge in [0.15, 0.2) is 22.8 Å². The highest BCUT2D eigenvalue weighted by Gasteiger charge is 2.44. The number of esters is 2. The fraction of sp³-hybridized carbons (Fsp3) is 0.405. The highest BCUT2D eigenvalue weighted by atomic mass is 16.6. The lowest BCUT2D eigenvalue weighted by atomic mass is 9.90. The molecule has 258 valence electrons. The highest BCUT2D eigenvalue weighted by molar-refractivity contribution is 5.94. The summed E-state index contributed by atoms with van der Waals surface area (Å²) in [5, 5.41) is 0. The quantitative estimate of drug-likeness (QED) is 0.207. The average Bonchev–Trinajstić information content (AvgIpc) is 3.91. The van der Waals surface area contributed by atoms with Gasteiger partial charge < -0.3 is 28.1 Å². The molecule has 3 atom stereocenters. The van der Waals surface area contributed by atoms with E-state index in [9.17, 15) is 19.2 Å². The SMILES string of the molecule is CC(=O)C1(OC(=O)c2cncn2[C@H](C)c2ccccc2)CCOC1.CC(=O)C1(OC(=O)c2cncn2[C@H](C)c2ccccc2)CCOCC1. The molecule has 0 spiro atoms. The summed E-state index contributed by atoms with van der Waals surface area (Å²) in [6.45, 7) is 8.19. The monoisotopic (exact) mass is 670 g/mol. The molecule has 4 aromatic rings. The van der Waals surface area contributed by atoms with Gasteiger partial charge in [0.1, 0.15) is 11.4 Å². The highest BCUT2D eigenvalue weighted by Crippen LogP contribution is 2.29. The second kappa shape index (κ2) is 15.5. The third-order valence-corrected chi connectivity index (χ3v) is 9.29. The zero-order valence-electron chi connectivity index (χ0n) is 28.2. The Labute approximate surface area is 285 Å². The lowest BCUT2D eigenvalue weighted by Crippen LogP contribution is -2.47. The van der Waals surface area contributed by atoms with E-state index in [4.69, 9.17) is 18.9 Å². The first-order valence-corrected chi connectivity index (χ1v) is 16.3. The van der Waals surface area contributed by atoms with Crippen LogP contribution in [-0.4, -0.2) is 80.2 Å². The van der Waals surface area contributed by atoms with Gasteiger partial charge in [-0.05, 0) is 38.8 Å². The van der Waals surface area contributed by atoms with Crippen molar-refractivity contribution >= 4 is 23.5 Å². The van der Waals surface area contributed by atoms with E-state index in [1.54, 1.807) is 21.8 Å². The van der Waals surface area contributed by atoms with Gasteiger partial charge >= 0.3 is 11.9 Å². The van der Waals surface area contributed by atoms with Crippen molar-refractivity contribution in [1.82, 2.24) is 19.1 Å². The molecule has 0 bridgehead atoms. The van der Waals surface area contributed by atoms with Crippen LogP contribution in [0.3, 0.4) is 0 Å². The molecule has 0 saturated carbocycles. The Kier molecular flexibility index (Phi) is 11.2. The number of benzene rings is 2. The smallest absolute Gasteiger partial charge is 0.357 e. The van der Waals surface area contributed by atoms with Crippen LogP contribution >= 0.6 is 0 Å². The number of ketones is 2. The summed E-state index contributed by atoms with van der Waals surface area (Å²) in [4.78, 5) is 57.6. The van der Waals surface area contributed by atoms with Crippen LogP contribution in [0.4, 0.5) is 0 Å². The molecule has 6 rings (SSSR count). The van der Waals surface area contributed by atoms with E-state index in [1.165, 1.54) is 26.2 Å². The summed E-state index contributed by atoms with van der Waals surface area (Å²) in [6, 6.07) is 19.5. The Morgan fingerprint density at radius 1 is 0.653 bits per heavy atom. The van der Waals surface area contributed by atoms with Crippen LogP contribution in [0, 0.1) is 0 Å². The van der Waals surface area contributed by atoms with Crippen LogP contribution in [0.2, 0.25) is 0 Å². The molecule has 0 aliphatic carbocycles. The third kappa shape index (κ3) is 7.87. The first-order chi connectivity index (χ1) is 23.6. The van der Waals surface area contributed by atoms with Crippen molar-refractivity contribution in [1.29, 1.82) is 0 Å². The molecule has 12 heteroatoms. The average molecular weight is 671 g/mol. The first kappa shape index (κ1) is 35.4. The van der Waals surface area contributed by atoms with Crippen molar-refractivity contribution in [2.75, 3.05) is 26.4 Å². The predicted molar refractivity (Wildman–Crippen MR) is 178 cm³/mol. The molecule has 0 radical (unpaired) electrons. The lowest BCUT2D eigenvalue weighted by Gasteiger charge is -2.34. The second-order valence-corrected chi connectivity index (χ2v) is 12.3. The van der Waals surface area contributed by atoms with Gasteiger partial charge in [0, 0.05) is 19.3 Å². The number of imidazole rings is 2. The number of nitrogens with zero attached hydrogens (tertiary/aromatic N) is 4. The van der Waals surface area contributed by atoms with Gasteiger partial charge in [-0.3, -0.25) is 9.59 Å². The minimum absolute atomic E-state index is 0.0748. The number of rotatable bonds is 10. The molecular formula is C37H42N4O8. The Bertz CT molecular complexity index is 1740. The molecule has 2 aliphatic rings. The minimum Gasteiger partial charge on any atom is -0.446 e. The van der Waals surface area contributed by atoms with Crippen molar-refractivity contribution in [2.45, 2.75) is 70.2 Å². The maximum Gasteiger partial charge on any atom is 0.357 e. The molecule has 0 N–H and O–H groups in total. The molecule has 2 aliphatic heterocycles. The molecule has 2 aromatic heterocycles. The number of hydrogen-bond acceptors (Lipinski definition) is 10. The predicted octanol–water partition coefficient (Wildman–Crippen LogP) is 5.18. The Balaban J connectivity index is 0.000000191. The fourth-order valence-corrected chi connectivity index (χ4v) is 5.99. The summed E-state index contributed by atoms with van der Waals surface area (Å²) >= 11 is 0. The van der Waals surface area contributed by atoms with E-state index >= 15 is 0 Å². The largest absolute Gasteiger partial charge is 0.446 e. The van der Waals surface area contributed by atoms with E-state index < -0.39 is 23.1 Å². The molecule has 1 unspecified atom stereocenters. The zero-order valence-corrected chi connectivity index (χ0v) is 28.2. The van der Waals surface area contributed by atoms with Crippen LogP contribution in [0.1, 0.15) is 91.1 Å². The molecule has 4 heterocycles. The van der Waals surface area contributed by atoms with Gasteiger partial charge in [-0.1, -0.05) is 60.7 Å². The van der Waals surface area contributed by atoms with Crippen LogP contribution in [0.15, 0.2) is 85.7 Å². The fourth-order valence-electron chi connectivity index (χ4n) is 5.99. The van der Waals surface area contributed by atoms with E-state index in [1.807, 2.05) is 74.5 Å². The van der Waals surface area contributed by atoms with Crippen LogP contribution in [0.5, 0.6) is 0 Å². The first-order valence-electron chi connectivity index (χ1n) is 16.3. The van der Waals surface area contributed by atoms with Crippen molar-refractivity contribution < 1.29 is 38.1 Å². The van der Waals surface area contributed by atoms with Crippen LogP contribution < -0.4 is 0 Å². The van der Waals surface area contributed by atoms with Crippen molar-refractivity contribution in [3.05, 3.63) is 108 Å². The van der Waals surface area contributed by atoms with Crippen LogP contribution in [0.25, 0.3) is 0 Å². The maximum atomic E-state index is 12.8. The number of hydrogen-bond donors (Lipinski definition) is 0. The maximum absolute atomic E-state index is 12.8. The molecular weight excluding hydrogens is 628 g/mol. The Morgan fingerprint density at radius 2 is 1.06 bits per heavy atom. The van der Waals surface area contributed by atoms with E-state index in [-0.39, 0.29) is 30.3 Å². The standard InChI is InChI=1S/C19H22N2O4.C18H20N2O4/c1-14(16-6-4-3-5-7-16)21-13-20-12-17(21)18(23)25-19(15(2)22)8-10-24-11-9-19;1-13(15-6-4-3-5-7-15)20-12-19-10-16(20)17(22)24-18(14(2)21)8-9-23-11-18/h3-7,12-14H,8-11H2,1-2H3;3-7,10,12-13H,8-9,11H2,1-2H3/t14-;13-,18?/m11/s1. The van der Waals surface area contributed by atoms with Gasteiger partial charge in [0.05, 0.1) is 63.6 Å². The normalized spacial score (nSPS) is 19.5. The van der Waals surface area contributed by atoms with Gasteiger partial charge in [-0.25, -0.2) is 19.6 Å². The third-order valence-electron chi connectivity index (χ3n) is 9.29. The molecule has 12 nitrogen and oxygen atoms in total. The summed E-state index contributed by atoms with van der Waals surface area (Å²) in [5.74, 6) is -1.43. The van der Waals surface area contributed by atoms with E-state index in [0.29, 0.717) is 50.5 Å². The van der Waals surface area contributed by atoms with Crippen molar-refractivity contribution in [3.8, 4) is 0 Å². The van der Waals surface area contributed by atoms with Crippen molar-refractivity contribution in [3.63, 3.8) is 0 Å². The lowest BCUT2D eigenvalue weighted by molar-refractivity contribution is -0.146. The van der Waals surface area contributed by atoms with Crippen molar-refractivity contribution in [2.24, 2.45) is 0 Å². The van der Waals surface area contributed by atoms with E-state index in [2.05, 4.69) is 9.97 Å². The van der Waals surface area contributed by atoms with Gasteiger partial charge in [-0.15, -0.1) is 0 Å². The molecule has 2 fully saturated rings. The Morgan fingerprint density at radius 3 is 1.47 bits per heavy atom. The summed E-state index contributed by atoms with van der Waals surface area (Å²) in [5.41, 5.74) is 0.488. The van der Waals surface area contributed by atoms with E-state index in [0.717, 1.165) is 11.1 Å². The Hall–Kier alpha value is -4.94. The molecule has 2 aromatic carbocycles. The minimum atomic E-state index is -1.18. The van der Waals surface area contributed by atoms with Crippen LogP contribution in [-0.2, 0) is 28.5 Å². The van der Waals surface area contributed by atoms with Gasteiger partial charge in [-0.2, -0.15) is 0 Å². The topological polar surface area (TPSA) is 141 Å². The van der Waals surface area contributed by atoms with Gasteiger partial charge in [0.25, 0.3) is 0 Å². The second-order valence-electron chi connectivity index (χ2n) is 12.3. The number of carbonyl (C=O) groups excluding carboxylic acids is 4. The molecule has 0 amide bonds. The summed E-state index contributed by atoms with van der Waals surface area (Å²) in [7, 11) is 0.